The van der Waals surface area contributed by atoms with Gasteiger partial charge in [-0.3, -0.25) is 4.79 Å². The molecule has 0 aromatic heterocycles. The number of carboxylic acids is 1. The Hall–Kier alpha value is -3.16. The summed E-state index contributed by atoms with van der Waals surface area (Å²) in [6.45, 7) is 0. The van der Waals surface area contributed by atoms with Gasteiger partial charge < -0.3 is 10.4 Å². The Morgan fingerprint density at radius 1 is 1.04 bits per heavy atom. The lowest BCUT2D eigenvalue weighted by molar-refractivity contribution is -0.140. The van der Waals surface area contributed by atoms with Crippen molar-refractivity contribution in [3.8, 4) is 0 Å². The van der Waals surface area contributed by atoms with Crippen molar-refractivity contribution in [1.29, 1.82) is 0 Å². The fourth-order valence-corrected chi connectivity index (χ4v) is 2.59. The Balaban J connectivity index is 1.82. The molecule has 146 valence electrons. The van der Waals surface area contributed by atoms with E-state index in [4.69, 9.17) is 0 Å². The Morgan fingerprint density at radius 2 is 1.64 bits per heavy atom. The monoisotopic (exact) mass is 393 g/mol. The first-order valence-electron chi connectivity index (χ1n) is 8.38. The van der Waals surface area contributed by atoms with Crippen molar-refractivity contribution in [3.63, 3.8) is 0 Å². The molecule has 0 saturated heterocycles. The second-order valence-corrected chi connectivity index (χ2v) is 6.44. The van der Waals surface area contributed by atoms with E-state index >= 15 is 0 Å². The normalized spacial score (nSPS) is 14.3. The summed E-state index contributed by atoms with van der Waals surface area (Å²) in [7, 11) is 0. The molecule has 0 heterocycles. The number of hydrogen-bond acceptors (Lipinski definition) is 2. The van der Waals surface area contributed by atoms with Crippen molar-refractivity contribution in [2.24, 2.45) is 5.92 Å². The van der Waals surface area contributed by atoms with E-state index in [1.54, 1.807) is 6.07 Å². The van der Waals surface area contributed by atoms with Crippen LogP contribution in [0, 0.1) is 11.7 Å². The van der Waals surface area contributed by atoms with Crippen LogP contribution in [0.25, 0.3) is 12.2 Å². The maximum atomic E-state index is 13.6. The maximum absolute atomic E-state index is 13.6. The minimum absolute atomic E-state index is 0.0872. The number of hydrogen-bond donors (Lipinski definition) is 2. The van der Waals surface area contributed by atoms with Crippen LogP contribution in [0.5, 0.6) is 0 Å². The summed E-state index contributed by atoms with van der Waals surface area (Å²) in [6.07, 6.45) is -0.408. The van der Waals surface area contributed by atoms with Crippen LogP contribution in [0.3, 0.4) is 0 Å². The SMILES string of the molecule is O=C(O)c1cc(C=Cc2ccc(C(F)(F)F)c(F)c2)ccc1NC(=O)C1CC1. The highest BCUT2D eigenvalue weighted by Gasteiger charge is 2.33. The Bertz CT molecular complexity index is 962. The topological polar surface area (TPSA) is 66.4 Å². The van der Waals surface area contributed by atoms with Gasteiger partial charge in [0.15, 0.2) is 0 Å². The summed E-state index contributed by atoms with van der Waals surface area (Å²) < 4.78 is 51.4. The van der Waals surface area contributed by atoms with E-state index < -0.39 is 23.5 Å². The van der Waals surface area contributed by atoms with Crippen LogP contribution in [0.2, 0.25) is 0 Å². The number of carboxylic acid groups (broad SMARTS) is 1. The van der Waals surface area contributed by atoms with Crippen molar-refractivity contribution in [2.45, 2.75) is 19.0 Å². The molecule has 0 spiro atoms. The zero-order valence-electron chi connectivity index (χ0n) is 14.4. The highest BCUT2D eigenvalue weighted by Crippen LogP contribution is 2.32. The molecule has 1 aliphatic rings. The molecule has 0 unspecified atom stereocenters. The van der Waals surface area contributed by atoms with Gasteiger partial charge in [0.2, 0.25) is 5.91 Å². The van der Waals surface area contributed by atoms with Gasteiger partial charge in [0.1, 0.15) is 5.82 Å². The van der Waals surface area contributed by atoms with E-state index in [9.17, 15) is 32.3 Å². The average molecular weight is 393 g/mol. The molecule has 28 heavy (non-hydrogen) atoms. The smallest absolute Gasteiger partial charge is 0.419 e. The third-order valence-electron chi connectivity index (χ3n) is 4.25. The molecule has 3 rings (SSSR count). The fraction of sp³-hybridized carbons (Fsp3) is 0.200. The Morgan fingerprint density at radius 3 is 2.18 bits per heavy atom. The zero-order valence-corrected chi connectivity index (χ0v) is 14.4. The number of amides is 1. The molecule has 8 heteroatoms. The molecular weight excluding hydrogens is 378 g/mol. The molecule has 2 aromatic rings. The standard InChI is InChI=1S/C20H15F4NO3/c21-16-10-12(3-7-15(16)20(22,23)24)2-1-11-4-8-17(14(9-11)19(27)28)25-18(26)13-5-6-13/h1-4,7-10,13H,5-6H2,(H,25,26)(H,27,28). The van der Waals surface area contributed by atoms with E-state index in [1.807, 2.05) is 0 Å². The number of halogens is 4. The molecule has 2 aromatic carbocycles. The second-order valence-electron chi connectivity index (χ2n) is 6.44. The van der Waals surface area contributed by atoms with Crippen LogP contribution in [0.4, 0.5) is 23.2 Å². The second kappa shape index (κ2) is 7.46. The quantitative estimate of drug-likeness (QED) is 0.551. The van der Waals surface area contributed by atoms with Crippen molar-refractivity contribution < 1.29 is 32.3 Å². The number of nitrogens with one attached hydrogen (secondary N) is 1. The number of benzene rings is 2. The van der Waals surface area contributed by atoms with Crippen molar-refractivity contribution in [2.75, 3.05) is 5.32 Å². The van der Waals surface area contributed by atoms with Crippen LogP contribution < -0.4 is 5.32 Å². The van der Waals surface area contributed by atoms with Gasteiger partial charge in [0, 0.05) is 5.92 Å². The van der Waals surface area contributed by atoms with E-state index in [2.05, 4.69) is 5.32 Å². The largest absolute Gasteiger partial charge is 0.478 e. The number of anilines is 1. The van der Waals surface area contributed by atoms with Crippen LogP contribution >= 0.6 is 0 Å². The summed E-state index contributed by atoms with van der Waals surface area (Å²) in [4.78, 5) is 23.3. The molecule has 2 N–H and O–H groups in total. The zero-order chi connectivity index (χ0) is 20.5. The number of alkyl halides is 3. The van der Waals surface area contributed by atoms with Gasteiger partial charge in [0.25, 0.3) is 0 Å². The lowest BCUT2D eigenvalue weighted by Crippen LogP contribution is -2.16. The third kappa shape index (κ3) is 4.57. The van der Waals surface area contributed by atoms with Crippen LogP contribution in [-0.2, 0) is 11.0 Å². The third-order valence-corrected chi connectivity index (χ3v) is 4.25. The molecular formula is C20H15F4NO3. The van der Waals surface area contributed by atoms with Gasteiger partial charge in [-0.2, -0.15) is 13.2 Å². The summed E-state index contributed by atoms with van der Waals surface area (Å²) in [5, 5.41) is 11.9. The molecule has 1 fully saturated rings. The summed E-state index contributed by atoms with van der Waals surface area (Å²) in [5.74, 6) is -2.94. The fourth-order valence-electron chi connectivity index (χ4n) is 2.59. The molecule has 4 nitrogen and oxygen atoms in total. The number of carbonyl (C=O) groups is 2. The van der Waals surface area contributed by atoms with Crippen LogP contribution in [0.1, 0.15) is 39.9 Å². The first-order valence-corrected chi connectivity index (χ1v) is 8.38. The minimum Gasteiger partial charge on any atom is -0.478 e. The van der Waals surface area contributed by atoms with E-state index in [1.165, 1.54) is 24.3 Å². The van der Waals surface area contributed by atoms with Crippen molar-refractivity contribution in [1.82, 2.24) is 0 Å². The maximum Gasteiger partial charge on any atom is 0.419 e. The Labute approximate surface area is 157 Å². The van der Waals surface area contributed by atoms with Crippen LogP contribution in [0.15, 0.2) is 36.4 Å². The summed E-state index contributed by atoms with van der Waals surface area (Å²) in [5.41, 5.74) is -0.680. The molecule has 1 aliphatic carbocycles. The molecule has 1 saturated carbocycles. The molecule has 0 aliphatic heterocycles. The highest BCUT2D eigenvalue weighted by atomic mass is 19.4. The molecule has 0 atom stereocenters. The molecule has 0 bridgehead atoms. The highest BCUT2D eigenvalue weighted by molar-refractivity contribution is 6.02. The van der Waals surface area contributed by atoms with E-state index in [-0.39, 0.29) is 28.6 Å². The van der Waals surface area contributed by atoms with Crippen LogP contribution in [-0.4, -0.2) is 17.0 Å². The lowest BCUT2D eigenvalue weighted by Gasteiger charge is -2.09. The first-order chi connectivity index (χ1) is 13.1. The average Bonchev–Trinajstić information content (AvgIpc) is 3.44. The van der Waals surface area contributed by atoms with E-state index in [0.29, 0.717) is 11.6 Å². The van der Waals surface area contributed by atoms with Gasteiger partial charge in [-0.1, -0.05) is 24.3 Å². The van der Waals surface area contributed by atoms with Gasteiger partial charge in [-0.15, -0.1) is 0 Å². The van der Waals surface area contributed by atoms with Gasteiger partial charge >= 0.3 is 12.1 Å². The van der Waals surface area contributed by atoms with Gasteiger partial charge in [0.05, 0.1) is 16.8 Å². The predicted molar refractivity (Wildman–Crippen MR) is 95.1 cm³/mol. The van der Waals surface area contributed by atoms with Crippen molar-refractivity contribution >= 4 is 29.7 Å². The number of rotatable bonds is 5. The molecule has 0 radical (unpaired) electrons. The minimum atomic E-state index is -4.77. The lowest BCUT2D eigenvalue weighted by atomic mass is 10.1. The van der Waals surface area contributed by atoms with Gasteiger partial charge in [-0.05, 0) is 48.2 Å². The number of aromatic carboxylic acids is 1. The number of carbonyl (C=O) groups excluding carboxylic acids is 1. The van der Waals surface area contributed by atoms with Gasteiger partial charge in [-0.25, -0.2) is 9.18 Å². The summed E-state index contributed by atoms with van der Waals surface area (Å²) >= 11 is 0. The Kier molecular flexibility index (Phi) is 5.22. The molecule has 1 amide bonds. The predicted octanol–water partition coefficient (Wildman–Crippen LogP) is 5.06. The van der Waals surface area contributed by atoms with E-state index in [0.717, 1.165) is 25.0 Å². The first kappa shape index (κ1) is 19.6. The van der Waals surface area contributed by atoms with Crippen molar-refractivity contribution in [3.05, 3.63) is 64.5 Å². The summed E-state index contributed by atoms with van der Waals surface area (Å²) in [6, 6.07) is 6.82.